The molecule has 0 fully saturated rings. The molecule has 1 N–H and O–H groups in total. The van der Waals surface area contributed by atoms with E-state index >= 15 is 0 Å². The quantitative estimate of drug-likeness (QED) is 0.630. The molecule has 0 radical (unpaired) electrons. The maximum Gasteiger partial charge on any atom is 0.0615 e. The highest BCUT2D eigenvalue weighted by atomic mass is 16.5. The smallest absolute Gasteiger partial charge is 0.0615 e. The maximum atomic E-state index is 5.18. The summed E-state index contributed by atoms with van der Waals surface area (Å²) in [5.74, 6) is 0. The van der Waals surface area contributed by atoms with E-state index < -0.39 is 0 Å². The number of ether oxygens (including phenoxy) is 1. The Labute approximate surface area is 83.1 Å². The molecule has 0 amide bonds. The molecule has 0 heterocycles. The van der Waals surface area contributed by atoms with Gasteiger partial charge in [-0.1, -0.05) is 27.2 Å². The van der Waals surface area contributed by atoms with Gasteiger partial charge < -0.3 is 10.1 Å². The van der Waals surface area contributed by atoms with Crippen LogP contribution < -0.4 is 5.32 Å². The Bertz CT molecular complexity index is 96.3. The van der Waals surface area contributed by atoms with Crippen LogP contribution in [0.25, 0.3) is 0 Å². The second-order valence-electron chi connectivity index (χ2n) is 3.62. The number of rotatable bonds is 8. The molecule has 0 bridgehead atoms. The zero-order valence-electron chi connectivity index (χ0n) is 9.60. The Kier molecular flexibility index (Phi) is 8.46. The van der Waals surface area contributed by atoms with Gasteiger partial charge in [0.2, 0.25) is 0 Å². The van der Waals surface area contributed by atoms with E-state index in [0.717, 1.165) is 6.61 Å². The third-order valence-electron chi connectivity index (χ3n) is 2.46. The van der Waals surface area contributed by atoms with Crippen molar-refractivity contribution in [3.05, 3.63) is 0 Å². The lowest BCUT2D eigenvalue weighted by molar-refractivity contribution is 0.154. The van der Waals surface area contributed by atoms with Crippen molar-refractivity contribution in [1.82, 2.24) is 5.32 Å². The third-order valence-corrected chi connectivity index (χ3v) is 2.46. The zero-order valence-corrected chi connectivity index (χ0v) is 9.60. The van der Waals surface area contributed by atoms with E-state index in [4.69, 9.17) is 4.74 Å². The molecule has 2 heteroatoms. The van der Waals surface area contributed by atoms with E-state index in [2.05, 4.69) is 26.1 Å². The molecule has 0 aromatic heterocycles. The normalized spacial score (nSPS) is 13.6. The van der Waals surface area contributed by atoms with Crippen LogP contribution in [0.4, 0.5) is 0 Å². The van der Waals surface area contributed by atoms with E-state index in [-0.39, 0.29) is 0 Å². The van der Waals surface area contributed by atoms with Crippen molar-refractivity contribution >= 4 is 0 Å². The van der Waals surface area contributed by atoms with Gasteiger partial charge in [0.1, 0.15) is 0 Å². The molecule has 2 nitrogen and oxygen atoms in total. The maximum absolute atomic E-state index is 5.18. The van der Waals surface area contributed by atoms with Crippen LogP contribution in [0.3, 0.4) is 0 Å². The van der Waals surface area contributed by atoms with Crippen molar-refractivity contribution in [3.8, 4) is 0 Å². The Morgan fingerprint density at radius 3 is 2.08 bits per heavy atom. The van der Waals surface area contributed by atoms with Crippen molar-refractivity contribution in [3.63, 3.8) is 0 Å². The van der Waals surface area contributed by atoms with Crippen LogP contribution in [0.1, 0.15) is 46.5 Å². The second-order valence-corrected chi connectivity index (χ2v) is 3.62. The highest BCUT2D eigenvalue weighted by molar-refractivity contribution is 4.71. The number of hydrogen-bond acceptors (Lipinski definition) is 2. The van der Waals surface area contributed by atoms with Crippen LogP contribution in [0.15, 0.2) is 0 Å². The van der Waals surface area contributed by atoms with Gasteiger partial charge in [-0.05, 0) is 19.3 Å². The van der Waals surface area contributed by atoms with Crippen LogP contribution in [0.5, 0.6) is 0 Å². The average Bonchev–Trinajstić information content (AvgIpc) is 2.14. The molecule has 0 aliphatic heterocycles. The molecule has 0 spiro atoms. The molecule has 1 atom stereocenters. The highest BCUT2D eigenvalue weighted by Crippen LogP contribution is 2.03. The highest BCUT2D eigenvalue weighted by Gasteiger charge is 2.11. The summed E-state index contributed by atoms with van der Waals surface area (Å²) in [6.07, 6.45) is 4.85. The Balaban J connectivity index is 3.76. The van der Waals surface area contributed by atoms with Crippen molar-refractivity contribution in [2.75, 3.05) is 13.7 Å². The van der Waals surface area contributed by atoms with Crippen molar-refractivity contribution in [1.29, 1.82) is 0 Å². The predicted octanol–water partition coefficient (Wildman–Crippen LogP) is 2.58. The monoisotopic (exact) mass is 187 g/mol. The zero-order chi connectivity index (χ0) is 10.1. The van der Waals surface area contributed by atoms with Gasteiger partial charge in [-0.2, -0.15) is 0 Å². The van der Waals surface area contributed by atoms with Gasteiger partial charge in [0.15, 0.2) is 0 Å². The minimum atomic E-state index is 0.542. The van der Waals surface area contributed by atoms with E-state index in [1.807, 2.05) is 0 Å². The molecule has 0 aliphatic rings. The van der Waals surface area contributed by atoms with Gasteiger partial charge in [0, 0.05) is 19.2 Å². The number of hydrogen-bond donors (Lipinski definition) is 1. The SMILES string of the molecule is CCCC(COC)NC(CC)CC. The fraction of sp³-hybridized carbons (Fsp3) is 1.00. The fourth-order valence-electron chi connectivity index (χ4n) is 1.62. The topological polar surface area (TPSA) is 21.3 Å². The van der Waals surface area contributed by atoms with Crippen molar-refractivity contribution in [2.45, 2.75) is 58.5 Å². The summed E-state index contributed by atoms with van der Waals surface area (Å²) in [5, 5.41) is 3.63. The van der Waals surface area contributed by atoms with Crippen LogP contribution in [-0.2, 0) is 4.74 Å². The lowest BCUT2D eigenvalue weighted by atomic mass is 10.1. The van der Waals surface area contributed by atoms with Gasteiger partial charge in [-0.15, -0.1) is 0 Å². The summed E-state index contributed by atoms with van der Waals surface area (Å²) in [7, 11) is 1.78. The lowest BCUT2D eigenvalue weighted by Gasteiger charge is -2.23. The molecule has 80 valence electrons. The largest absolute Gasteiger partial charge is 0.383 e. The van der Waals surface area contributed by atoms with Gasteiger partial charge in [-0.25, -0.2) is 0 Å². The van der Waals surface area contributed by atoms with Gasteiger partial charge in [-0.3, -0.25) is 0 Å². The van der Waals surface area contributed by atoms with Crippen LogP contribution in [0.2, 0.25) is 0 Å². The fourth-order valence-corrected chi connectivity index (χ4v) is 1.62. The molecule has 1 unspecified atom stereocenters. The number of methoxy groups -OCH3 is 1. The Hall–Kier alpha value is -0.0800. The minimum Gasteiger partial charge on any atom is -0.383 e. The molecule has 0 aromatic carbocycles. The van der Waals surface area contributed by atoms with E-state index in [1.54, 1.807) is 7.11 Å². The molecule has 0 rings (SSSR count). The van der Waals surface area contributed by atoms with Gasteiger partial charge in [0.25, 0.3) is 0 Å². The molecule has 0 saturated heterocycles. The molecular formula is C11H25NO. The van der Waals surface area contributed by atoms with Crippen molar-refractivity contribution < 1.29 is 4.74 Å². The summed E-state index contributed by atoms with van der Waals surface area (Å²) in [6, 6.07) is 1.20. The first-order valence-corrected chi connectivity index (χ1v) is 5.53. The molecule has 0 aliphatic carbocycles. The minimum absolute atomic E-state index is 0.542. The average molecular weight is 187 g/mol. The van der Waals surface area contributed by atoms with Crippen LogP contribution in [-0.4, -0.2) is 25.8 Å². The first-order valence-electron chi connectivity index (χ1n) is 5.53. The van der Waals surface area contributed by atoms with Crippen LogP contribution in [0, 0.1) is 0 Å². The summed E-state index contributed by atoms with van der Waals surface area (Å²) < 4.78 is 5.18. The summed E-state index contributed by atoms with van der Waals surface area (Å²) in [6.45, 7) is 7.52. The predicted molar refractivity (Wildman–Crippen MR) is 58.1 cm³/mol. The Morgan fingerprint density at radius 2 is 1.69 bits per heavy atom. The summed E-state index contributed by atoms with van der Waals surface area (Å²) in [5.41, 5.74) is 0. The van der Waals surface area contributed by atoms with E-state index in [9.17, 15) is 0 Å². The van der Waals surface area contributed by atoms with Crippen molar-refractivity contribution in [2.24, 2.45) is 0 Å². The molecule has 13 heavy (non-hydrogen) atoms. The first kappa shape index (κ1) is 12.9. The molecule has 0 saturated carbocycles. The van der Waals surface area contributed by atoms with E-state index in [1.165, 1.54) is 25.7 Å². The summed E-state index contributed by atoms with van der Waals surface area (Å²) in [4.78, 5) is 0. The van der Waals surface area contributed by atoms with Crippen LogP contribution >= 0.6 is 0 Å². The number of nitrogens with one attached hydrogen (secondary N) is 1. The standard InChI is InChI=1S/C11H25NO/c1-5-8-11(9-13-4)12-10(6-2)7-3/h10-12H,5-9H2,1-4H3. The third kappa shape index (κ3) is 6.05. The molecular weight excluding hydrogens is 162 g/mol. The Morgan fingerprint density at radius 1 is 1.08 bits per heavy atom. The van der Waals surface area contributed by atoms with Gasteiger partial charge >= 0.3 is 0 Å². The second kappa shape index (κ2) is 8.52. The lowest BCUT2D eigenvalue weighted by Crippen LogP contribution is -2.40. The van der Waals surface area contributed by atoms with E-state index in [0.29, 0.717) is 12.1 Å². The first-order chi connectivity index (χ1) is 6.28. The van der Waals surface area contributed by atoms with Gasteiger partial charge in [0.05, 0.1) is 6.61 Å². The molecule has 0 aromatic rings. The summed E-state index contributed by atoms with van der Waals surface area (Å²) >= 11 is 0.